The molecule has 0 aromatic heterocycles. The van der Waals surface area contributed by atoms with E-state index in [1.165, 1.54) is 12.7 Å². The van der Waals surface area contributed by atoms with Crippen LogP contribution < -0.4 is 4.90 Å². The molecule has 1 spiro atoms. The molecule has 12 heteroatoms. The zero-order valence-electron chi connectivity index (χ0n) is 34.3. The van der Waals surface area contributed by atoms with Crippen molar-refractivity contribution in [1.29, 1.82) is 0 Å². The van der Waals surface area contributed by atoms with E-state index in [1.54, 1.807) is 6.08 Å². The van der Waals surface area contributed by atoms with Crippen molar-refractivity contribution in [2.45, 2.75) is 144 Å². The molecule has 18 atom stereocenters. The van der Waals surface area contributed by atoms with E-state index in [-0.39, 0.29) is 96.5 Å². The standard InChI is InChI=1S/C46H61N2O10/c1-5-26-27-19-33-38-44(31-8-6-7-9-32(31)47(38)3)21-34(37(27)39(44)51)48(33,40(26)52)22-36(50)58-25-10-16-45(41(53)56-4)29-11-14-42(2)28(24-18-35(49)57-23-24)13-17-46(42,55)30(29)12-15-43(45,54)20-25/h6-9,18,25-30,33-34,37-40,51-52,54-55H,5,10-17,19-23H2,1-4H3/q+1/t25-,26-,27-,28+,29+,30-,33+,34+,37-,38+,39+,40-,42-,43-,44+,45-,46+,48-/m1/s1. The van der Waals surface area contributed by atoms with Crippen molar-refractivity contribution in [1.82, 2.24) is 0 Å². The molecule has 4 saturated heterocycles. The van der Waals surface area contributed by atoms with E-state index < -0.39 is 57.8 Å². The number of anilines is 1. The van der Waals surface area contributed by atoms with Crippen LogP contribution in [0.15, 0.2) is 35.9 Å². The Morgan fingerprint density at radius 1 is 1.00 bits per heavy atom. The maximum Gasteiger partial charge on any atom is 0.362 e. The largest absolute Gasteiger partial charge is 0.468 e. The molecule has 12 rings (SSSR count). The van der Waals surface area contributed by atoms with Gasteiger partial charge in [0.2, 0.25) is 0 Å². The van der Waals surface area contributed by atoms with Gasteiger partial charge in [-0.1, -0.05) is 32.0 Å². The average Bonchev–Trinajstić information content (AvgIpc) is 3.89. The maximum absolute atomic E-state index is 14.6. The lowest BCUT2D eigenvalue weighted by Gasteiger charge is -2.67. The molecule has 9 fully saturated rings. The molecule has 5 saturated carbocycles. The van der Waals surface area contributed by atoms with E-state index >= 15 is 0 Å². The van der Waals surface area contributed by atoms with Gasteiger partial charge >= 0.3 is 17.9 Å². The van der Waals surface area contributed by atoms with Crippen molar-refractivity contribution in [3.63, 3.8) is 0 Å². The second-order valence-corrected chi connectivity index (χ2v) is 20.9. The normalized spacial score (nSPS) is 52.6. The number of esters is 3. The second-order valence-electron chi connectivity index (χ2n) is 20.9. The van der Waals surface area contributed by atoms with Crippen molar-refractivity contribution in [3.8, 4) is 0 Å². The summed E-state index contributed by atoms with van der Waals surface area (Å²) in [5.41, 5.74) is -1.55. The van der Waals surface area contributed by atoms with Gasteiger partial charge in [0.1, 0.15) is 18.8 Å². The Bertz CT molecular complexity index is 2010. The van der Waals surface area contributed by atoms with Gasteiger partial charge in [-0.2, -0.15) is 0 Å². The van der Waals surface area contributed by atoms with Crippen molar-refractivity contribution in [2.75, 3.05) is 32.2 Å². The van der Waals surface area contributed by atoms with Gasteiger partial charge in [-0.05, 0) is 98.7 Å². The summed E-state index contributed by atoms with van der Waals surface area (Å²) in [5.74, 6) is -1.64. The third-order valence-corrected chi connectivity index (χ3v) is 19.9. The Labute approximate surface area is 340 Å². The fraction of sp³-hybridized carbons (Fsp3) is 0.761. The van der Waals surface area contributed by atoms with Crippen LogP contribution in [0.25, 0.3) is 0 Å². The molecule has 11 aliphatic rings. The molecule has 5 bridgehead atoms. The monoisotopic (exact) mass is 801 g/mol. The van der Waals surface area contributed by atoms with Gasteiger partial charge in [-0.25, -0.2) is 9.59 Å². The number of aliphatic hydroxyl groups excluding tert-OH is 2. The van der Waals surface area contributed by atoms with Crippen LogP contribution in [0.4, 0.5) is 5.69 Å². The number of hydrogen-bond donors (Lipinski definition) is 4. The number of carbonyl (C=O) groups is 3. The van der Waals surface area contributed by atoms with E-state index in [9.17, 15) is 34.8 Å². The molecular formula is C46H61N2O10+. The summed E-state index contributed by atoms with van der Waals surface area (Å²) in [6, 6.07) is 8.21. The Morgan fingerprint density at radius 3 is 2.52 bits per heavy atom. The van der Waals surface area contributed by atoms with E-state index in [4.69, 9.17) is 14.2 Å². The Kier molecular flexibility index (Phi) is 7.90. The molecule has 58 heavy (non-hydrogen) atoms. The smallest absolute Gasteiger partial charge is 0.362 e. The van der Waals surface area contributed by atoms with Crippen LogP contribution in [0.1, 0.15) is 96.5 Å². The molecule has 5 aliphatic carbocycles. The first kappa shape index (κ1) is 37.9. The molecule has 6 aliphatic heterocycles. The Morgan fingerprint density at radius 2 is 1.78 bits per heavy atom. The second kappa shape index (κ2) is 12.1. The summed E-state index contributed by atoms with van der Waals surface area (Å²) in [5, 5.41) is 50.6. The van der Waals surface area contributed by atoms with Crippen LogP contribution in [0.2, 0.25) is 0 Å². The summed E-state index contributed by atoms with van der Waals surface area (Å²) < 4.78 is 17.5. The zero-order valence-corrected chi connectivity index (χ0v) is 34.3. The van der Waals surface area contributed by atoms with Crippen LogP contribution in [0.3, 0.4) is 0 Å². The number of methoxy groups -OCH3 is 1. The van der Waals surface area contributed by atoms with Gasteiger partial charge in [0.15, 0.2) is 12.8 Å². The van der Waals surface area contributed by atoms with Crippen LogP contribution >= 0.6 is 0 Å². The van der Waals surface area contributed by atoms with Gasteiger partial charge in [0, 0.05) is 55.3 Å². The molecule has 314 valence electrons. The molecule has 1 aromatic carbocycles. The third kappa shape index (κ3) is 4.14. The first-order valence-electron chi connectivity index (χ1n) is 22.3. The first-order chi connectivity index (χ1) is 27.7. The number of benzene rings is 1. The van der Waals surface area contributed by atoms with Gasteiger partial charge in [-0.3, -0.25) is 9.28 Å². The number of para-hydroxylation sites is 1. The Hall–Kier alpha value is -3.03. The molecule has 4 N–H and O–H groups in total. The average molecular weight is 802 g/mol. The maximum atomic E-state index is 14.6. The van der Waals surface area contributed by atoms with Crippen molar-refractivity contribution < 1.29 is 53.5 Å². The lowest BCUT2D eigenvalue weighted by Crippen LogP contribution is -2.83. The van der Waals surface area contributed by atoms with Crippen LogP contribution in [-0.2, 0) is 34.0 Å². The van der Waals surface area contributed by atoms with E-state index in [0.29, 0.717) is 38.5 Å². The predicted octanol–water partition coefficient (Wildman–Crippen LogP) is 3.51. The molecular weight excluding hydrogens is 741 g/mol. The number of likely N-dealkylation sites (N-methyl/N-ethyl adjacent to an activating group) is 1. The summed E-state index contributed by atoms with van der Waals surface area (Å²) >= 11 is 0. The van der Waals surface area contributed by atoms with Crippen molar-refractivity contribution in [2.24, 2.45) is 46.3 Å². The van der Waals surface area contributed by atoms with Gasteiger partial charge in [-0.15, -0.1) is 0 Å². The highest BCUT2D eigenvalue weighted by Crippen LogP contribution is 2.73. The number of hydrogen-bond acceptors (Lipinski definition) is 11. The fourth-order valence-electron chi connectivity index (χ4n) is 17.9. The van der Waals surface area contributed by atoms with Crippen LogP contribution in [0.5, 0.6) is 0 Å². The minimum atomic E-state index is -1.50. The van der Waals surface area contributed by atoms with E-state index in [2.05, 4.69) is 44.0 Å². The number of piperidine rings is 4. The summed E-state index contributed by atoms with van der Waals surface area (Å²) in [4.78, 5) is 43.2. The lowest BCUT2D eigenvalue weighted by molar-refractivity contribution is -1.03. The van der Waals surface area contributed by atoms with Gasteiger partial charge < -0.3 is 39.5 Å². The highest BCUT2D eigenvalue weighted by atomic mass is 16.6. The number of aliphatic hydroxyl groups is 4. The first-order valence-corrected chi connectivity index (χ1v) is 22.3. The molecule has 1 aromatic rings. The molecule has 6 heterocycles. The number of fused-ring (bicyclic) bond motifs is 7. The molecule has 12 nitrogen and oxygen atoms in total. The van der Waals surface area contributed by atoms with Gasteiger partial charge in [0.25, 0.3) is 0 Å². The quantitative estimate of drug-likeness (QED) is 0.189. The van der Waals surface area contributed by atoms with Crippen LogP contribution in [-0.4, -0.2) is 118 Å². The number of rotatable bonds is 6. The topological polar surface area (TPSA) is 163 Å². The van der Waals surface area contributed by atoms with E-state index in [0.717, 1.165) is 30.5 Å². The SMILES string of the molecule is CC[C@@H]1[C@H]2C[C@H]3[C@@H]4N(C)c5ccccc5[C@@]45C[C@@H]([C@@H]2[C@@H]5O)[N@+]3(CC(=O)O[C@@H]2CC[C@]3(C(=O)OC)[C@H]4CC[C@]5(C)[C@H](C6=CC(=O)OC6)CC[C@]5(O)[C@@H]4CC[C@@]3(O)C2)[C@@H]1O. The summed E-state index contributed by atoms with van der Waals surface area (Å²) in [6.45, 7) is 4.49. The number of carbonyl (C=O) groups excluding carboxylic acids is 3. The summed E-state index contributed by atoms with van der Waals surface area (Å²) in [7, 11) is 3.48. The Balaban J connectivity index is 0.871. The third-order valence-electron chi connectivity index (χ3n) is 19.9. The lowest BCUT2D eigenvalue weighted by atomic mass is 9.41. The minimum Gasteiger partial charge on any atom is -0.468 e. The number of cyclic esters (lactones) is 1. The van der Waals surface area contributed by atoms with Gasteiger partial charge in [0.05, 0.1) is 47.3 Å². The minimum absolute atomic E-state index is 0.00132. The number of nitrogens with zero attached hydrogens (tertiary/aromatic N) is 2. The van der Waals surface area contributed by atoms with Crippen LogP contribution in [0, 0.1) is 46.3 Å². The number of quaternary nitrogens is 1. The highest BCUT2D eigenvalue weighted by molar-refractivity contribution is 5.85. The summed E-state index contributed by atoms with van der Waals surface area (Å²) in [6.07, 6.45) is 6.02. The van der Waals surface area contributed by atoms with Crippen molar-refractivity contribution in [3.05, 3.63) is 41.5 Å². The zero-order chi connectivity index (χ0) is 40.5. The predicted molar refractivity (Wildman–Crippen MR) is 208 cm³/mol. The fourth-order valence-corrected chi connectivity index (χ4v) is 17.9. The molecule has 0 amide bonds. The number of ether oxygens (including phenoxy) is 3. The van der Waals surface area contributed by atoms with E-state index in [1.807, 2.05) is 6.07 Å². The molecule has 0 radical (unpaired) electrons. The highest BCUT2D eigenvalue weighted by Gasteiger charge is 2.83. The molecule has 0 unspecified atom stereocenters. The van der Waals surface area contributed by atoms with Crippen molar-refractivity contribution >= 4 is 23.6 Å².